The van der Waals surface area contributed by atoms with E-state index in [2.05, 4.69) is 15.7 Å². The average Bonchev–Trinajstić information content (AvgIpc) is 2.82. The molecule has 2 aromatic rings. The minimum atomic E-state index is -1.08. The molecule has 25 heavy (non-hydrogen) atoms. The van der Waals surface area contributed by atoms with Crippen molar-refractivity contribution in [2.45, 2.75) is 32.8 Å². The van der Waals surface area contributed by atoms with E-state index in [1.165, 1.54) is 17.7 Å². The summed E-state index contributed by atoms with van der Waals surface area (Å²) in [5, 5.41) is 19.6. The van der Waals surface area contributed by atoms with Crippen LogP contribution < -0.4 is 10.6 Å². The molecule has 2 rings (SSSR count). The fourth-order valence-electron chi connectivity index (χ4n) is 2.75. The van der Waals surface area contributed by atoms with Crippen molar-refractivity contribution in [2.75, 3.05) is 13.1 Å². The molecule has 0 aliphatic heterocycles. The second-order valence-electron chi connectivity index (χ2n) is 6.05. The smallest absolute Gasteiger partial charge is 0.314 e. The molecule has 6 nitrogen and oxygen atoms in total. The van der Waals surface area contributed by atoms with Crippen molar-refractivity contribution in [1.29, 1.82) is 0 Å². The van der Waals surface area contributed by atoms with Crippen LogP contribution in [0.5, 0.6) is 0 Å². The van der Waals surface area contributed by atoms with Crippen molar-refractivity contribution in [3.63, 3.8) is 0 Å². The van der Waals surface area contributed by atoms with Crippen molar-refractivity contribution in [2.24, 2.45) is 7.05 Å². The van der Waals surface area contributed by atoms with E-state index in [4.69, 9.17) is 0 Å². The summed E-state index contributed by atoms with van der Waals surface area (Å²) in [4.78, 5) is 11.8. The van der Waals surface area contributed by atoms with Crippen LogP contribution in [0.1, 0.15) is 35.0 Å². The maximum absolute atomic E-state index is 13.5. The fraction of sp³-hybridized carbons (Fsp3) is 0.444. The van der Waals surface area contributed by atoms with Crippen molar-refractivity contribution in [1.82, 2.24) is 20.4 Å². The number of aryl methyl sites for hydroxylation is 2. The lowest BCUT2D eigenvalue weighted by molar-refractivity contribution is 0.169. The molecule has 7 heteroatoms. The van der Waals surface area contributed by atoms with Crippen LogP contribution in [0, 0.1) is 19.7 Å². The molecule has 1 unspecified atom stereocenters. The third-order valence-corrected chi connectivity index (χ3v) is 4.27. The zero-order valence-corrected chi connectivity index (χ0v) is 14.8. The molecule has 136 valence electrons. The summed E-state index contributed by atoms with van der Waals surface area (Å²) in [6.07, 6.45) is 0.549. The number of aliphatic hydroxyl groups excluding tert-OH is 1. The second-order valence-corrected chi connectivity index (χ2v) is 6.05. The van der Waals surface area contributed by atoms with Crippen LogP contribution in [0.15, 0.2) is 24.3 Å². The Labute approximate surface area is 147 Å². The molecule has 3 N–H and O–H groups in total. The van der Waals surface area contributed by atoms with Crippen LogP contribution in [-0.4, -0.2) is 34.0 Å². The second kappa shape index (κ2) is 8.62. The van der Waals surface area contributed by atoms with E-state index in [0.717, 1.165) is 24.2 Å². The molecule has 1 heterocycles. The van der Waals surface area contributed by atoms with E-state index < -0.39 is 11.9 Å². The van der Waals surface area contributed by atoms with E-state index in [1.807, 2.05) is 25.6 Å². The first-order valence-corrected chi connectivity index (χ1v) is 8.33. The zero-order chi connectivity index (χ0) is 18.4. The normalized spacial score (nSPS) is 12.0. The van der Waals surface area contributed by atoms with Gasteiger partial charge >= 0.3 is 6.03 Å². The fourth-order valence-corrected chi connectivity index (χ4v) is 2.75. The monoisotopic (exact) mass is 348 g/mol. The van der Waals surface area contributed by atoms with Crippen LogP contribution in [0.3, 0.4) is 0 Å². The van der Waals surface area contributed by atoms with Gasteiger partial charge in [-0.2, -0.15) is 5.10 Å². The average molecular weight is 348 g/mol. The van der Waals surface area contributed by atoms with Crippen LogP contribution in [0.2, 0.25) is 0 Å². The molecular formula is C18H25FN4O2. The largest absolute Gasteiger partial charge is 0.386 e. The molecule has 0 bridgehead atoms. The number of carbonyl (C=O) groups excluding carboxylic acids is 1. The highest BCUT2D eigenvalue weighted by Gasteiger charge is 2.13. The number of carbonyl (C=O) groups is 1. The summed E-state index contributed by atoms with van der Waals surface area (Å²) in [5.74, 6) is -0.487. The maximum atomic E-state index is 13.5. The van der Waals surface area contributed by atoms with Gasteiger partial charge in [0.15, 0.2) is 0 Å². The summed E-state index contributed by atoms with van der Waals surface area (Å²) in [6.45, 7) is 4.47. The van der Waals surface area contributed by atoms with E-state index in [-0.39, 0.29) is 18.1 Å². The molecule has 1 atom stereocenters. The molecule has 0 saturated heterocycles. The number of aromatic nitrogens is 2. The quantitative estimate of drug-likeness (QED) is 0.671. The van der Waals surface area contributed by atoms with E-state index in [0.29, 0.717) is 6.54 Å². The lowest BCUT2D eigenvalue weighted by Gasteiger charge is -2.13. The number of rotatable bonds is 7. The topological polar surface area (TPSA) is 79.2 Å². The number of amides is 2. The molecule has 0 aliphatic carbocycles. The van der Waals surface area contributed by atoms with Gasteiger partial charge in [-0.05, 0) is 38.3 Å². The molecule has 0 fully saturated rings. The van der Waals surface area contributed by atoms with Gasteiger partial charge in [0.2, 0.25) is 0 Å². The summed E-state index contributed by atoms with van der Waals surface area (Å²) < 4.78 is 15.4. The highest BCUT2D eigenvalue weighted by Crippen LogP contribution is 2.15. The number of halogens is 1. The van der Waals surface area contributed by atoms with Gasteiger partial charge in [-0.1, -0.05) is 18.2 Å². The van der Waals surface area contributed by atoms with Crippen LogP contribution >= 0.6 is 0 Å². The minimum absolute atomic E-state index is 0.0480. The van der Waals surface area contributed by atoms with Gasteiger partial charge in [0.05, 0.1) is 11.8 Å². The van der Waals surface area contributed by atoms with Gasteiger partial charge in [0.1, 0.15) is 5.82 Å². The molecule has 0 spiro atoms. The summed E-state index contributed by atoms with van der Waals surface area (Å²) in [5.41, 5.74) is 3.53. The third kappa shape index (κ3) is 5.03. The number of urea groups is 1. The number of nitrogens with zero attached hydrogens (tertiary/aromatic N) is 2. The zero-order valence-electron chi connectivity index (χ0n) is 14.8. The Bertz CT molecular complexity index is 730. The van der Waals surface area contributed by atoms with Gasteiger partial charge in [0.25, 0.3) is 0 Å². The number of hydrogen-bond donors (Lipinski definition) is 3. The van der Waals surface area contributed by atoms with Crippen molar-refractivity contribution < 1.29 is 14.3 Å². The molecular weight excluding hydrogens is 323 g/mol. The van der Waals surface area contributed by atoms with E-state index in [1.54, 1.807) is 12.1 Å². The van der Waals surface area contributed by atoms with Crippen LogP contribution in [0.25, 0.3) is 0 Å². The summed E-state index contributed by atoms with van der Waals surface area (Å²) >= 11 is 0. The van der Waals surface area contributed by atoms with E-state index >= 15 is 0 Å². The minimum Gasteiger partial charge on any atom is -0.386 e. The van der Waals surface area contributed by atoms with Crippen molar-refractivity contribution in [3.8, 4) is 0 Å². The molecule has 0 aliphatic rings. The molecule has 1 aromatic carbocycles. The first-order chi connectivity index (χ1) is 11.9. The lowest BCUT2D eigenvalue weighted by Crippen LogP contribution is -2.38. The number of nitrogens with one attached hydrogen (secondary N) is 2. The maximum Gasteiger partial charge on any atom is 0.314 e. The molecule has 1 aromatic heterocycles. The first kappa shape index (κ1) is 18.9. The van der Waals surface area contributed by atoms with Crippen LogP contribution in [0.4, 0.5) is 9.18 Å². The molecule has 2 amide bonds. The Hall–Kier alpha value is -2.41. The van der Waals surface area contributed by atoms with Gasteiger partial charge in [-0.25, -0.2) is 9.18 Å². The summed E-state index contributed by atoms with van der Waals surface area (Å²) in [7, 11) is 1.92. The van der Waals surface area contributed by atoms with Crippen LogP contribution in [-0.2, 0) is 13.5 Å². The Morgan fingerprint density at radius 1 is 1.32 bits per heavy atom. The standard InChI is InChI=1S/C18H25FN4O2/c1-12-14(13(2)23(3)22-12)8-6-10-20-18(25)21-11-17(24)15-7-4-5-9-16(15)19/h4-5,7,9,17,24H,6,8,10-11H2,1-3H3,(H2,20,21,25). The SMILES string of the molecule is Cc1nn(C)c(C)c1CCCNC(=O)NCC(O)c1ccccc1F. The summed E-state index contributed by atoms with van der Waals surface area (Å²) in [6, 6.07) is 5.59. The Kier molecular flexibility index (Phi) is 6.52. The highest BCUT2D eigenvalue weighted by atomic mass is 19.1. The number of hydrogen-bond acceptors (Lipinski definition) is 3. The number of aliphatic hydroxyl groups is 1. The van der Waals surface area contributed by atoms with Gasteiger partial charge < -0.3 is 15.7 Å². The van der Waals surface area contributed by atoms with Gasteiger partial charge in [-0.15, -0.1) is 0 Å². The van der Waals surface area contributed by atoms with Crippen molar-refractivity contribution in [3.05, 3.63) is 52.6 Å². The predicted octanol–water partition coefficient (Wildman–Crippen LogP) is 2.14. The first-order valence-electron chi connectivity index (χ1n) is 8.33. The third-order valence-electron chi connectivity index (χ3n) is 4.27. The highest BCUT2D eigenvalue weighted by molar-refractivity contribution is 5.73. The molecule has 0 saturated carbocycles. The van der Waals surface area contributed by atoms with Crippen molar-refractivity contribution >= 4 is 6.03 Å². The Balaban J connectivity index is 1.70. The van der Waals surface area contributed by atoms with E-state index in [9.17, 15) is 14.3 Å². The van der Waals surface area contributed by atoms with Gasteiger partial charge in [-0.3, -0.25) is 4.68 Å². The number of benzene rings is 1. The van der Waals surface area contributed by atoms with Gasteiger partial charge in [0, 0.05) is 31.4 Å². The lowest BCUT2D eigenvalue weighted by atomic mass is 10.1. The Morgan fingerprint density at radius 3 is 2.68 bits per heavy atom. The Morgan fingerprint density at radius 2 is 2.04 bits per heavy atom. The predicted molar refractivity (Wildman–Crippen MR) is 93.8 cm³/mol. The molecule has 0 radical (unpaired) electrons.